The smallest absolute Gasteiger partial charge is 0.272 e. The molecule has 6 nitrogen and oxygen atoms in total. The summed E-state index contributed by atoms with van der Waals surface area (Å²) in [5.74, 6) is -0.107. The molecule has 0 saturated carbocycles. The van der Waals surface area contributed by atoms with Crippen LogP contribution in [0.15, 0.2) is 54.9 Å². The van der Waals surface area contributed by atoms with Gasteiger partial charge in [-0.3, -0.25) is 14.9 Å². The summed E-state index contributed by atoms with van der Waals surface area (Å²) in [6.07, 6.45) is 5.71. The van der Waals surface area contributed by atoms with Crippen LogP contribution < -0.4 is 5.32 Å². The van der Waals surface area contributed by atoms with Crippen LogP contribution in [0.25, 0.3) is 32.8 Å². The molecule has 2 aromatic carbocycles. The zero-order valence-corrected chi connectivity index (χ0v) is 17.1. The molecule has 0 bridgehead atoms. The molecule has 0 unspecified atom stereocenters. The zero-order chi connectivity index (χ0) is 20.5. The lowest BCUT2D eigenvalue weighted by atomic mass is 9.99. The van der Waals surface area contributed by atoms with Crippen molar-refractivity contribution in [3.05, 3.63) is 60.6 Å². The molecule has 152 valence electrons. The second kappa shape index (κ2) is 7.88. The van der Waals surface area contributed by atoms with Crippen LogP contribution in [-0.2, 0) is 0 Å². The lowest BCUT2D eigenvalue weighted by molar-refractivity contribution is 0.0909. The summed E-state index contributed by atoms with van der Waals surface area (Å²) in [6, 6.07) is 14.5. The fourth-order valence-electron chi connectivity index (χ4n) is 4.35. The van der Waals surface area contributed by atoms with Crippen LogP contribution in [0.5, 0.6) is 0 Å². The van der Waals surface area contributed by atoms with E-state index in [0.717, 1.165) is 65.3 Å². The molecule has 3 heterocycles. The summed E-state index contributed by atoms with van der Waals surface area (Å²) in [4.78, 5) is 19.8. The highest BCUT2D eigenvalue weighted by Gasteiger charge is 2.22. The van der Waals surface area contributed by atoms with E-state index in [1.54, 1.807) is 0 Å². The third-order valence-electron chi connectivity index (χ3n) is 6.13. The minimum absolute atomic E-state index is 0.107. The molecule has 5 rings (SSSR count). The Hall–Kier alpha value is -3.25. The highest BCUT2D eigenvalue weighted by atomic mass is 16.2. The number of hydrogen-bond donors (Lipinski definition) is 2. The van der Waals surface area contributed by atoms with Crippen molar-refractivity contribution in [1.82, 2.24) is 25.4 Å². The van der Waals surface area contributed by atoms with Crippen LogP contribution >= 0.6 is 0 Å². The number of rotatable bonds is 4. The first kappa shape index (κ1) is 18.8. The maximum atomic E-state index is 13.0. The second-order valence-corrected chi connectivity index (χ2v) is 7.92. The highest BCUT2D eigenvalue weighted by Crippen LogP contribution is 2.30. The number of amides is 1. The van der Waals surface area contributed by atoms with Crippen LogP contribution in [0.4, 0.5) is 0 Å². The van der Waals surface area contributed by atoms with E-state index in [9.17, 15) is 4.79 Å². The number of H-pyrrole nitrogens is 1. The average Bonchev–Trinajstić information content (AvgIpc) is 3.22. The van der Waals surface area contributed by atoms with E-state index in [4.69, 9.17) is 0 Å². The van der Waals surface area contributed by atoms with Crippen LogP contribution in [-0.4, -0.2) is 51.7 Å². The predicted molar refractivity (Wildman–Crippen MR) is 119 cm³/mol. The SMILES string of the molecule is CCN1CCC(NC(=O)c2n[nH]c3ccc(-c4cncc5ccccc45)cc23)CC1. The van der Waals surface area contributed by atoms with Crippen molar-refractivity contribution in [2.24, 2.45) is 0 Å². The average molecular weight is 399 g/mol. The number of carbonyl (C=O) groups excluding carboxylic acids is 1. The van der Waals surface area contributed by atoms with E-state index >= 15 is 0 Å². The molecule has 0 spiro atoms. The number of benzene rings is 2. The maximum Gasteiger partial charge on any atom is 0.272 e. The first-order valence-electron chi connectivity index (χ1n) is 10.6. The number of aromatic nitrogens is 3. The Morgan fingerprint density at radius 1 is 1.13 bits per heavy atom. The minimum Gasteiger partial charge on any atom is -0.348 e. The van der Waals surface area contributed by atoms with Crippen molar-refractivity contribution >= 4 is 27.6 Å². The van der Waals surface area contributed by atoms with Gasteiger partial charge < -0.3 is 10.2 Å². The monoisotopic (exact) mass is 399 g/mol. The number of piperidine rings is 1. The number of aromatic amines is 1. The maximum absolute atomic E-state index is 13.0. The third kappa shape index (κ3) is 3.44. The Labute approximate surface area is 175 Å². The molecule has 4 aromatic rings. The van der Waals surface area contributed by atoms with Crippen LogP contribution in [0.1, 0.15) is 30.3 Å². The normalized spacial score (nSPS) is 15.6. The standard InChI is InChI=1S/C24H25N5O/c1-2-29-11-9-18(10-12-29)26-24(30)23-20-13-16(7-8-22(20)27-28-23)21-15-25-14-17-5-3-4-6-19(17)21/h3-8,13-15,18H,2,9-12H2,1H3,(H,26,30)(H,27,28). The molecule has 1 amide bonds. The van der Waals surface area contributed by atoms with E-state index < -0.39 is 0 Å². The Bertz CT molecular complexity index is 1200. The number of carbonyl (C=O) groups is 1. The van der Waals surface area contributed by atoms with Crippen LogP contribution in [0.3, 0.4) is 0 Å². The molecule has 0 radical (unpaired) electrons. The molecular formula is C24H25N5O. The Kier molecular flexibility index (Phi) is 4.93. The lowest BCUT2D eigenvalue weighted by Gasteiger charge is -2.31. The van der Waals surface area contributed by atoms with Gasteiger partial charge in [0.1, 0.15) is 0 Å². The number of nitrogens with one attached hydrogen (secondary N) is 2. The summed E-state index contributed by atoms with van der Waals surface area (Å²) in [7, 11) is 0. The minimum atomic E-state index is -0.107. The van der Waals surface area contributed by atoms with Gasteiger partial charge >= 0.3 is 0 Å². The van der Waals surface area contributed by atoms with Gasteiger partial charge in [-0.1, -0.05) is 37.3 Å². The molecule has 1 aliphatic heterocycles. The number of likely N-dealkylation sites (tertiary alicyclic amines) is 1. The van der Waals surface area contributed by atoms with Gasteiger partial charge in [0, 0.05) is 47.9 Å². The first-order chi connectivity index (χ1) is 14.7. The van der Waals surface area contributed by atoms with Gasteiger partial charge in [0.25, 0.3) is 5.91 Å². The molecule has 1 saturated heterocycles. The summed E-state index contributed by atoms with van der Waals surface area (Å²) in [6.45, 7) is 5.30. The number of fused-ring (bicyclic) bond motifs is 2. The van der Waals surface area contributed by atoms with Crippen molar-refractivity contribution in [3.63, 3.8) is 0 Å². The molecule has 2 N–H and O–H groups in total. The van der Waals surface area contributed by atoms with E-state index in [-0.39, 0.29) is 11.9 Å². The molecule has 30 heavy (non-hydrogen) atoms. The summed E-state index contributed by atoms with van der Waals surface area (Å²) < 4.78 is 0. The first-order valence-corrected chi connectivity index (χ1v) is 10.6. The number of hydrogen-bond acceptors (Lipinski definition) is 4. The second-order valence-electron chi connectivity index (χ2n) is 7.92. The fraction of sp³-hybridized carbons (Fsp3) is 0.292. The molecule has 0 aliphatic carbocycles. The molecule has 0 atom stereocenters. The third-order valence-corrected chi connectivity index (χ3v) is 6.13. The Morgan fingerprint density at radius 3 is 2.80 bits per heavy atom. The molecule has 6 heteroatoms. The largest absolute Gasteiger partial charge is 0.348 e. The van der Waals surface area contributed by atoms with E-state index in [1.807, 2.05) is 42.7 Å². The van der Waals surface area contributed by atoms with Crippen molar-refractivity contribution in [3.8, 4) is 11.1 Å². The Balaban J connectivity index is 1.45. The van der Waals surface area contributed by atoms with Gasteiger partial charge in [0.05, 0.1) is 5.52 Å². The fourth-order valence-corrected chi connectivity index (χ4v) is 4.35. The van der Waals surface area contributed by atoms with Gasteiger partial charge in [0.2, 0.25) is 0 Å². The molecule has 1 aliphatic rings. The van der Waals surface area contributed by atoms with Crippen LogP contribution in [0, 0.1) is 0 Å². The molecular weight excluding hydrogens is 374 g/mol. The summed E-state index contributed by atoms with van der Waals surface area (Å²) in [5, 5.41) is 13.6. The van der Waals surface area contributed by atoms with E-state index in [1.165, 1.54) is 0 Å². The van der Waals surface area contributed by atoms with Crippen molar-refractivity contribution in [2.45, 2.75) is 25.8 Å². The van der Waals surface area contributed by atoms with Gasteiger partial charge in [0.15, 0.2) is 5.69 Å². The molecule has 1 fully saturated rings. The number of nitrogens with zero attached hydrogens (tertiary/aromatic N) is 3. The van der Waals surface area contributed by atoms with Gasteiger partial charge in [-0.05, 0) is 42.5 Å². The zero-order valence-electron chi connectivity index (χ0n) is 17.1. The van der Waals surface area contributed by atoms with E-state index in [0.29, 0.717) is 5.69 Å². The summed E-state index contributed by atoms with van der Waals surface area (Å²) in [5.41, 5.74) is 3.39. The topological polar surface area (TPSA) is 73.9 Å². The van der Waals surface area contributed by atoms with Crippen molar-refractivity contribution in [2.75, 3.05) is 19.6 Å². The van der Waals surface area contributed by atoms with Crippen molar-refractivity contribution in [1.29, 1.82) is 0 Å². The lowest BCUT2D eigenvalue weighted by Crippen LogP contribution is -2.44. The van der Waals surface area contributed by atoms with Gasteiger partial charge in [-0.25, -0.2) is 0 Å². The van der Waals surface area contributed by atoms with Crippen LogP contribution in [0.2, 0.25) is 0 Å². The quantitative estimate of drug-likeness (QED) is 0.544. The van der Waals surface area contributed by atoms with Crippen molar-refractivity contribution < 1.29 is 4.79 Å². The Morgan fingerprint density at radius 2 is 1.97 bits per heavy atom. The summed E-state index contributed by atoms with van der Waals surface area (Å²) >= 11 is 0. The van der Waals surface area contributed by atoms with Gasteiger partial charge in [-0.2, -0.15) is 5.10 Å². The van der Waals surface area contributed by atoms with E-state index in [2.05, 4.69) is 44.5 Å². The highest BCUT2D eigenvalue weighted by molar-refractivity contribution is 6.06. The molecule has 2 aromatic heterocycles. The number of pyridine rings is 1. The predicted octanol–water partition coefficient (Wildman–Crippen LogP) is 3.99. The van der Waals surface area contributed by atoms with Gasteiger partial charge in [-0.15, -0.1) is 0 Å².